The van der Waals surface area contributed by atoms with Gasteiger partial charge in [-0.3, -0.25) is 4.79 Å². The van der Waals surface area contributed by atoms with Gasteiger partial charge in [0.1, 0.15) is 11.9 Å². The molecule has 0 aliphatic heterocycles. The van der Waals surface area contributed by atoms with Gasteiger partial charge < -0.3 is 10.6 Å². The summed E-state index contributed by atoms with van der Waals surface area (Å²) in [6.07, 6.45) is 0. The molecule has 0 saturated heterocycles. The van der Waals surface area contributed by atoms with Crippen LogP contribution < -0.4 is 10.6 Å². The van der Waals surface area contributed by atoms with Crippen LogP contribution >= 0.6 is 23.1 Å². The molecule has 2 N–H and O–H groups in total. The number of nitrogens with one attached hydrogen (secondary N) is 2. The Bertz CT molecular complexity index is 970. The van der Waals surface area contributed by atoms with Gasteiger partial charge in [-0.2, -0.15) is 5.26 Å². The lowest BCUT2D eigenvalue weighted by molar-refractivity contribution is -0.113. The van der Waals surface area contributed by atoms with Crippen molar-refractivity contribution in [2.24, 2.45) is 0 Å². The summed E-state index contributed by atoms with van der Waals surface area (Å²) in [7, 11) is 0. The fraction of sp³-hybridized carbons (Fsp3) is 0.0588. The Kier molecular flexibility index (Phi) is 5.78. The molecule has 3 aromatic rings. The highest BCUT2D eigenvalue weighted by atomic mass is 32.2. The van der Waals surface area contributed by atoms with Gasteiger partial charge in [0.05, 0.1) is 17.0 Å². The average molecular weight is 385 g/mol. The standard InChI is InChI=1S/C17H12FN5OS2/c18-12-5-3-6-13(8-12)20-16-22-23-17(26-16)25-10-15(24)21-14-7-2-1-4-11(14)9-19/h1-8H,10H2,(H,20,22)(H,21,24). The van der Waals surface area contributed by atoms with Crippen molar-refractivity contribution in [2.75, 3.05) is 16.4 Å². The van der Waals surface area contributed by atoms with E-state index in [4.69, 9.17) is 5.26 Å². The molecule has 0 fully saturated rings. The summed E-state index contributed by atoms with van der Waals surface area (Å²) in [4.78, 5) is 12.0. The molecule has 26 heavy (non-hydrogen) atoms. The number of hydrogen-bond donors (Lipinski definition) is 2. The summed E-state index contributed by atoms with van der Waals surface area (Å²) < 4.78 is 13.8. The molecule has 1 amide bonds. The fourth-order valence-electron chi connectivity index (χ4n) is 2.01. The first-order chi connectivity index (χ1) is 12.6. The normalized spacial score (nSPS) is 10.2. The quantitative estimate of drug-likeness (QED) is 0.623. The van der Waals surface area contributed by atoms with Crippen molar-refractivity contribution < 1.29 is 9.18 Å². The van der Waals surface area contributed by atoms with E-state index >= 15 is 0 Å². The molecule has 0 saturated carbocycles. The van der Waals surface area contributed by atoms with E-state index in [1.54, 1.807) is 36.4 Å². The Hall–Kier alpha value is -2.96. The molecule has 0 radical (unpaired) electrons. The first-order valence-electron chi connectivity index (χ1n) is 7.42. The molecule has 0 unspecified atom stereocenters. The number of nitriles is 1. The lowest BCUT2D eigenvalue weighted by Gasteiger charge is -2.05. The minimum absolute atomic E-state index is 0.133. The van der Waals surface area contributed by atoms with Crippen molar-refractivity contribution in [1.82, 2.24) is 10.2 Å². The van der Waals surface area contributed by atoms with Crippen LogP contribution in [0.25, 0.3) is 0 Å². The van der Waals surface area contributed by atoms with Crippen molar-refractivity contribution in [3.8, 4) is 6.07 Å². The van der Waals surface area contributed by atoms with E-state index in [-0.39, 0.29) is 17.5 Å². The molecule has 2 aromatic carbocycles. The van der Waals surface area contributed by atoms with Crippen molar-refractivity contribution >= 4 is 45.5 Å². The maximum Gasteiger partial charge on any atom is 0.234 e. The van der Waals surface area contributed by atoms with E-state index in [1.165, 1.54) is 35.2 Å². The summed E-state index contributed by atoms with van der Waals surface area (Å²) in [6, 6.07) is 14.8. The fourth-order valence-corrected chi connectivity index (χ4v) is 3.58. The minimum atomic E-state index is -0.344. The summed E-state index contributed by atoms with van der Waals surface area (Å²) in [5.41, 5.74) is 1.46. The third-order valence-corrected chi connectivity index (χ3v) is 5.10. The van der Waals surface area contributed by atoms with Crippen molar-refractivity contribution in [3.05, 3.63) is 59.9 Å². The largest absolute Gasteiger partial charge is 0.330 e. The lowest BCUT2D eigenvalue weighted by Crippen LogP contribution is -2.14. The van der Waals surface area contributed by atoms with Crippen LogP contribution in [-0.4, -0.2) is 21.9 Å². The number of nitrogens with zero attached hydrogens (tertiary/aromatic N) is 3. The number of rotatable bonds is 6. The number of benzene rings is 2. The zero-order valence-electron chi connectivity index (χ0n) is 13.3. The number of para-hydroxylation sites is 1. The predicted molar refractivity (Wildman–Crippen MR) is 100 cm³/mol. The molecule has 9 heteroatoms. The van der Waals surface area contributed by atoms with Crippen LogP contribution in [-0.2, 0) is 4.79 Å². The first kappa shape index (κ1) is 17.8. The molecule has 1 heterocycles. The highest BCUT2D eigenvalue weighted by Crippen LogP contribution is 2.28. The van der Waals surface area contributed by atoms with Gasteiger partial charge in [-0.15, -0.1) is 10.2 Å². The van der Waals surface area contributed by atoms with Crippen LogP contribution in [0.2, 0.25) is 0 Å². The molecule has 0 aliphatic rings. The Morgan fingerprint density at radius 3 is 2.88 bits per heavy atom. The Morgan fingerprint density at radius 2 is 2.08 bits per heavy atom. The summed E-state index contributed by atoms with van der Waals surface area (Å²) in [6.45, 7) is 0. The van der Waals surface area contributed by atoms with Gasteiger partial charge in [-0.1, -0.05) is 41.3 Å². The van der Waals surface area contributed by atoms with Crippen molar-refractivity contribution in [3.63, 3.8) is 0 Å². The van der Waals surface area contributed by atoms with E-state index < -0.39 is 0 Å². The third kappa shape index (κ3) is 4.78. The second kappa shape index (κ2) is 8.42. The van der Waals surface area contributed by atoms with Gasteiger partial charge >= 0.3 is 0 Å². The molecular formula is C17H12FN5OS2. The van der Waals surface area contributed by atoms with E-state index in [0.29, 0.717) is 26.4 Å². The van der Waals surface area contributed by atoms with Crippen LogP contribution in [0.5, 0.6) is 0 Å². The Morgan fingerprint density at radius 1 is 1.23 bits per heavy atom. The van der Waals surface area contributed by atoms with Crippen LogP contribution in [0.1, 0.15) is 5.56 Å². The SMILES string of the molecule is N#Cc1ccccc1NC(=O)CSc1nnc(Nc2cccc(F)c2)s1. The second-order valence-corrected chi connectivity index (χ2v) is 7.20. The van der Waals surface area contributed by atoms with Gasteiger partial charge in [0.2, 0.25) is 11.0 Å². The summed E-state index contributed by atoms with van der Waals surface area (Å²) >= 11 is 2.50. The first-order valence-corrected chi connectivity index (χ1v) is 9.22. The predicted octanol–water partition coefficient (Wildman–Crippen LogP) is 4.02. The average Bonchev–Trinajstić information content (AvgIpc) is 3.08. The number of halogens is 1. The Balaban J connectivity index is 1.54. The van der Waals surface area contributed by atoms with Crippen molar-refractivity contribution in [2.45, 2.75) is 4.34 Å². The molecule has 0 spiro atoms. The third-order valence-electron chi connectivity index (χ3n) is 3.13. The van der Waals surface area contributed by atoms with Crippen LogP contribution in [0.3, 0.4) is 0 Å². The minimum Gasteiger partial charge on any atom is -0.330 e. The number of carbonyl (C=O) groups is 1. The molecule has 0 atom stereocenters. The number of hydrogen-bond acceptors (Lipinski definition) is 7. The van der Waals surface area contributed by atoms with E-state index in [9.17, 15) is 9.18 Å². The zero-order valence-corrected chi connectivity index (χ0v) is 14.9. The van der Waals surface area contributed by atoms with Crippen LogP contribution in [0.4, 0.5) is 20.9 Å². The molecule has 1 aromatic heterocycles. The van der Waals surface area contributed by atoms with E-state index in [2.05, 4.69) is 20.8 Å². The monoisotopic (exact) mass is 385 g/mol. The van der Waals surface area contributed by atoms with Crippen LogP contribution in [0, 0.1) is 17.1 Å². The number of thioether (sulfide) groups is 1. The molecular weight excluding hydrogens is 373 g/mol. The number of carbonyl (C=O) groups excluding carboxylic acids is 1. The van der Waals surface area contributed by atoms with Gasteiger partial charge in [-0.05, 0) is 30.3 Å². The highest BCUT2D eigenvalue weighted by molar-refractivity contribution is 8.01. The van der Waals surface area contributed by atoms with Gasteiger partial charge in [-0.25, -0.2) is 4.39 Å². The highest BCUT2D eigenvalue weighted by Gasteiger charge is 2.10. The molecule has 6 nitrogen and oxygen atoms in total. The van der Waals surface area contributed by atoms with Gasteiger partial charge in [0.15, 0.2) is 4.34 Å². The van der Waals surface area contributed by atoms with Crippen molar-refractivity contribution in [1.29, 1.82) is 5.26 Å². The molecule has 130 valence electrons. The van der Waals surface area contributed by atoms with Crippen LogP contribution in [0.15, 0.2) is 52.9 Å². The number of amides is 1. The van der Waals surface area contributed by atoms with E-state index in [1.807, 2.05) is 6.07 Å². The number of aromatic nitrogens is 2. The lowest BCUT2D eigenvalue weighted by atomic mass is 10.2. The maximum atomic E-state index is 13.2. The van der Waals surface area contributed by atoms with Gasteiger partial charge in [0, 0.05) is 5.69 Å². The van der Waals surface area contributed by atoms with Gasteiger partial charge in [0.25, 0.3) is 0 Å². The Labute approximate surface area is 157 Å². The second-order valence-electron chi connectivity index (χ2n) is 5.00. The molecule has 3 rings (SSSR count). The number of anilines is 3. The topological polar surface area (TPSA) is 90.7 Å². The molecule has 0 bridgehead atoms. The summed E-state index contributed by atoms with van der Waals surface area (Å²) in [5, 5.41) is 23.2. The smallest absolute Gasteiger partial charge is 0.234 e. The van der Waals surface area contributed by atoms with E-state index in [0.717, 1.165) is 0 Å². The molecule has 0 aliphatic carbocycles. The summed E-state index contributed by atoms with van der Waals surface area (Å²) in [5.74, 6) is -0.454. The zero-order chi connectivity index (χ0) is 18.4. The maximum absolute atomic E-state index is 13.2.